The third kappa shape index (κ3) is 8.51. The van der Waals surface area contributed by atoms with E-state index in [1.807, 2.05) is 0 Å². The molecule has 28 heavy (non-hydrogen) atoms. The second-order valence-electron chi connectivity index (χ2n) is 6.05. The Morgan fingerprint density at radius 1 is 1.07 bits per heavy atom. The lowest BCUT2D eigenvalue weighted by Crippen LogP contribution is -2.45. The average Bonchev–Trinajstić information content (AvgIpc) is 2.62. The molecule has 1 aliphatic rings. The summed E-state index contributed by atoms with van der Waals surface area (Å²) in [6.07, 6.45) is 4.36. The maximum atomic E-state index is 12.4. The number of allylic oxidation sites excluding steroid dienone is 1. The highest BCUT2D eigenvalue weighted by atomic mass is 16.4. The van der Waals surface area contributed by atoms with Crippen LogP contribution < -0.4 is 5.73 Å². The van der Waals surface area contributed by atoms with Gasteiger partial charge < -0.3 is 15.9 Å². The van der Waals surface area contributed by atoms with Gasteiger partial charge in [-0.3, -0.25) is 29.1 Å². The van der Waals surface area contributed by atoms with Crippen LogP contribution in [-0.4, -0.2) is 94.5 Å². The first-order valence-electron chi connectivity index (χ1n) is 8.38. The van der Waals surface area contributed by atoms with Gasteiger partial charge in [0.25, 0.3) is 0 Å². The molecule has 0 radical (unpaired) electrons. The van der Waals surface area contributed by atoms with Crippen molar-refractivity contribution in [3.8, 4) is 0 Å². The Balaban J connectivity index is 2.74. The number of carboxylic acids is 2. The van der Waals surface area contributed by atoms with Crippen molar-refractivity contribution in [2.45, 2.75) is 6.42 Å². The number of hydrogen-bond donors (Lipinski definition) is 3. The van der Waals surface area contributed by atoms with Crippen molar-refractivity contribution in [3.05, 3.63) is 29.0 Å². The van der Waals surface area contributed by atoms with Gasteiger partial charge in [0.1, 0.15) is 0 Å². The molecule has 0 atom stereocenters. The van der Waals surface area contributed by atoms with Gasteiger partial charge in [0.15, 0.2) is 0 Å². The van der Waals surface area contributed by atoms with E-state index >= 15 is 0 Å². The van der Waals surface area contributed by atoms with Crippen LogP contribution in [0, 0.1) is 4.91 Å². The van der Waals surface area contributed by atoms with Gasteiger partial charge in [0.2, 0.25) is 11.8 Å². The minimum absolute atomic E-state index is 0.0475. The number of aliphatic carboxylic acids is 2. The first-order chi connectivity index (χ1) is 13.2. The maximum Gasteiger partial charge on any atom is 0.333 e. The quantitative estimate of drug-likeness (QED) is 0.317. The third-order valence-corrected chi connectivity index (χ3v) is 3.80. The normalized spacial score (nSPS) is 13.5. The standard InChI is InChI=1S/C16H23N5O7/c17-13(22)9-20(7-6-19(5-3-18-28)11-15(24)25)10-14(23)21-4-1-2-12(8-21)16(26)27/h1,4,8H,2-3,5-7,9-11H2,(H2,17,22)(H,24,25)(H,26,27). The third-order valence-electron chi connectivity index (χ3n) is 3.80. The summed E-state index contributed by atoms with van der Waals surface area (Å²) in [6.45, 7) is -0.484. The van der Waals surface area contributed by atoms with Crippen molar-refractivity contribution >= 4 is 23.8 Å². The molecular weight excluding hydrogens is 374 g/mol. The van der Waals surface area contributed by atoms with Crippen LogP contribution in [0.15, 0.2) is 29.2 Å². The summed E-state index contributed by atoms with van der Waals surface area (Å²) in [6, 6.07) is 0. The molecule has 0 aromatic rings. The van der Waals surface area contributed by atoms with E-state index in [1.165, 1.54) is 28.3 Å². The summed E-state index contributed by atoms with van der Waals surface area (Å²) in [5, 5.41) is 20.6. The van der Waals surface area contributed by atoms with E-state index in [9.17, 15) is 24.1 Å². The number of carboxylic acid groups (broad SMARTS) is 2. The molecule has 0 saturated carbocycles. The Labute approximate surface area is 160 Å². The summed E-state index contributed by atoms with van der Waals surface area (Å²) in [5.41, 5.74) is 5.25. The monoisotopic (exact) mass is 397 g/mol. The Hall–Kier alpha value is -3.12. The van der Waals surface area contributed by atoms with E-state index in [2.05, 4.69) is 5.18 Å². The van der Waals surface area contributed by atoms with Gasteiger partial charge in [-0.15, -0.1) is 0 Å². The summed E-state index contributed by atoms with van der Waals surface area (Å²) < 4.78 is 0. The Kier molecular flexibility index (Phi) is 9.47. The van der Waals surface area contributed by atoms with Gasteiger partial charge in [0.05, 0.1) is 31.8 Å². The molecule has 0 aliphatic carbocycles. The van der Waals surface area contributed by atoms with E-state index in [0.717, 1.165) is 4.90 Å². The molecule has 0 bridgehead atoms. The first kappa shape index (κ1) is 22.9. The molecule has 0 aromatic heterocycles. The highest BCUT2D eigenvalue weighted by molar-refractivity contribution is 5.89. The molecule has 0 saturated heterocycles. The van der Waals surface area contributed by atoms with E-state index in [0.29, 0.717) is 0 Å². The van der Waals surface area contributed by atoms with Crippen molar-refractivity contribution in [1.29, 1.82) is 0 Å². The molecule has 1 heterocycles. The van der Waals surface area contributed by atoms with E-state index in [1.54, 1.807) is 0 Å². The maximum absolute atomic E-state index is 12.4. The summed E-state index contributed by atoms with van der Waals surface area (Å²) in [5.74, 6) is -3.38. The zero-order chi connectivity index (χ0) is 21.1. The van der Waals surface area contributed by atoms with E-state index < -0.39 is 23.8 Å². The fourth-order valence-corrected chi connectivity index (χ4v) is 2.49. The van der Waals surface area contributed by atoms with Gasteiger partial charge in [-0.05, 0) is 0 Å². The zero-order valence-corrected chi connectivity index (χ0v) is 15.2. The SMILES string of the molecule is NC(=O)CN(CCN(CCN=O)CC(=O)O)CC(=O)N1C=CCC(C(=O)O)=C1. The zero-order valence-electron chi connectivity index (χ0n) is 15.2. The Morgan fingerprint density at radius 3 is 2.32 bits per heavy atom. The van der Waals surface area contributed by atoms with Crippen LogP contribution in [-0.2, 0) is 19.2 Å². The van der Waals surface area contributed by atoms with Crippen molar-refractivity contribution < 1.29 is 29.4 Å². The molecule has 0 fully saturated rings. The van der Waals surface area contributed by atoms with Crippen LogP contribution in [0.4, 0.5) is 0 Å². The lowest BCUT2D eigenvalue weighted by molar-refractivity contribution is -0.139. The van der Waals surface area contributed by atoms with Crippen molar-refractivity contribution in [2.24, 2.45) is 10.9 Å². The molecule has 4 N–H and O–H groups in total. The minimum Gasteiger partial charge on any atom is -0.480 e. The van der Waals surface area contributed by atoms with Crippen LogP contribution in [0.5, 0.6) is 0 Å². The smallest absolute Gasteiger partial charge is 0.333 e. The molecule has 0 aromatic carbocycles. The second-order valence-corrected chi connectivity index (χ2v) is 6.05. The summed E-state index contributed by atoms with van der Waals surface area (Å²) in [4.78, 5) is 59.9. The van der Waals surface area contributed by atoms with Gasteiger partial charge in [-0.2, -0.15) is 4.91 Å². The molecule has 0 spiro atoms. The fourth-order valence-electron chi connectivity index (χ4n) is 2.49. The first-order valence-corrected chi connectivity index (χ1v) is 8.38. The highest BCUT2D eigenvalue weighted by Gasteiger charge is 2.21. The van der Waals surface area contributed by atoms with Gasteiger partial charge in [0, 0.05) is 38.5 Å². The number of hydrogen-bond acceptors (Lipinski definition) is 8. The molecule has 12 heteroatoms. The number of nitrogens with zero attached hydrogens (tertiary/aromatic N) is 4. The summed E-state index contributed by atoms with van der Waals surface area (Å²) >= 11 is 0. The molecule has 1 rings (SSSR count). The largest absolute Gasteiger partial charge is 0.480 e. The number of rotatable bonds is 13. The number of nitrogens with two attached hydrogens (primary N) is 1. The number of nitroso groups, excluding NO2 is 1. The van der Waals surface area contributed by atoms with Gasteiger partial charge in [-0.25, -0.2) is 4.79 Å². The number of primary amides is 1. The minimum atomic E-state index is -1.13. The van der Waals surface area contributed by atoms with Crippen molar-refractivity contribution in [1.82, 2.24) is 14.7 Å². The van der Waals surface area contributed by atoms with Crippen molar-refractivity contribution in [2.75, 3.05) is 45.8 Å². The van der Waals surface area contributed by atoms with Crippen LogP contribution >= 0.6 is 0 Å². The molecular formula is C16H23N5O7. The van der Waals surface area contributed by atoms with Crippen molar-refractivity contribution in [3.63, 3.8) is 0 Å². The van der Waals surface area contributed by atoms with Gasteiger partial charge in [-0.1, -0.05) is 11.3 Å². The summed E-state index contributed by atoms with van der Waals surface area (Å²) in [7, 11) is 0. The van der Waals surface area contributed by atoms with Crippen LogP contribution in [0.2, 0.25) is 0 Å². The number of amides is 2. The Bertz CT molecular complexity index is 676. The lowest BCUT2D eigenvalue weighted by Gasteiger charge is -2.27. The highest BCUT2D eigenvalue weighted by Crippen LogP contribution is 2.12. The topological polar surface area (TPSA) is 174 Å². The molecule has 154 valence electrons. The molecule has 12 nitrogen and oxygen atoms in total. The molecule has 1 aliphatic heterocycles. The van der Waals surface area contributed by atoms with Gasteiger partial charge >= 0.3 is 11.9 Å². The van der Waals surface area contributed by atoms with E-state index in [4.69, 9.17) is 15.9 Å². The number of carbonyl (C=O) groups excluding carboxylic acids is 2. The fraction of sp³-hybridized carbons (Fsp3) is 0.500. The second kappa shape index (κ2) is 11.6. The Morgan fingerprint density at radius 2 is 1.75 bits per heavy atom. The van der Waals surface area contributed by atoms with E-state index in [-0.39, 0.29) is 57.8 Å². The van der Waals surface area contributed by atoms with Crippen LogP contribution in [0.1, 0.15) is 6.42 Å². The molecule has 2 amide bonds. The average molecular weight is 397 g/mol. The number of carbonyl (C=O) groups is 4. The predicted octanol–water partition coefficient (Wildman–Crippen LogP) is -1.36. The predicted molar refractivity (Wildman–Crippen MR) is 96.7 cm³/mol. The van der Waals surface area contributed by atoms with Crippen LogP contribution in [0.3, 0.4) is 0 Å². The molecule has 0 unspecified atom stereocenters. The van der Waals surface area contributed by atoms with Crippen LogP contribution in [0.25, 0.3) is 0 Å². The lowest BCUT2D eigenvalue weighted by atomic mass is 10.1.